The second-order valence-corrected chi connectivity index (χ2v) is 5.98. The van der Waals surface area contributed by atoms with Gasteiger partial charge in [-0.05, 0) is 42.8 Å². The molecule has 0 bridgehead atoms. The average Bonchev–Trinajstić information content (AvgIpc) is 2.87. The Balaban J connectivity index is 2.43. The van der Waals surface area contributed by atoms with Crippen molar-refractivity contribution in [2.75, 3.05) is 0 Å². The lowest BCUT2D eigenvalue weighted by Gasteiger charge is -2.00. The quantitative estimate of drug-likeness (QED) is 0.567. The average molecular weight is 322 g/mol. The van der Waals surface area contributed by atoms with Crippen LogP contribution in [0, 0.1) is 11.3 Å². The molecular weight excluding hydrogens is 313 g/mol. The van der Waals surface area contributed by atoms with E-state index in [4.69, 9.17) is 23.2 Å². The van der Waals surface area contributed by atoms with E-state index in [1.165, 1.54) is 18.3 Å². The van der Waals surface area contributed by atoms with Gasteiger partial charge in [-0.2, -0.15) is 5.26 Å². The minimum Gasteiger partial charge on any atom is -0.294 e. The zero-order valence-electron chi connectivity index (χ0n) is 10.5. The summed E-state index contributed by atoms with van der Waals surface area (Å²) in [7, 11) is 0. The van der Waals surface area contributed by atoms with Crippen molar-refractivity contribution >= 4 is 52.0 Å². The zero-order chi connectivity index (χ0) is 14.7. The van der Waals surface area contributed by atoms with E-state index in [0.29, 0.717) is 26.1 Å². The molecule has 0 fully saturated rings. The summed E-state index contributed by atoms with van der Waals surface area (Å²) in [6.07, 6.45) is 1.69. The fourth-order valence-electron chi connectivity index (χ4n) is 1.60. The Morgan fingerprint density at radius 3 is 2.50 bits per heavy atom. The van der Waals surface area contributed by atoms with E-state index in [-0.39, 0.29) is 5.78 Å². The number of halogens is 2. The third kappa shape index (κ3) is 3.29. The largest absolute Gasteiger partial charge is 0.294 e. The Labute approximate surface area is 130 Å². The molecule has 0 aliphatic heterocycles. The number of hydrogen-bond acceptors (Lipinski definition) is 3. The summed E-state index contributed by atoms with van der Waals surface area (Å²) in [4.78, 5) is 12.7. The first-order valence-electron chi connectivity index (χ1n) is 5.69. The number of rotatable bonds is 3. The first-order valence-corrected chi connectivity index (χ1v) is 7.26. The molecule has 0 spiro atoms. The summed E-state index contributed by atoms with van der Waals surface area (Å²) in [6, 6.07) is 10.7. The number of nitriles is 1. The first-order chi connectivity index (χ1) is 9.51. The van der Waals surface area contributed by atoms with Gasteiger partial charge in [0.15, 0.2) is 5.78 Å². The van der Waals surface area contributed by atoms with Gasteiger partial charge in [0, 0.05) is 14.9 Å². The van der Waals surface area contributed by atoms with Crippen LogP contribution in [0.25, 0.3) is 11.6 Å². The maximum atomic E-state index is 11.3. The highest BCUT2D eigenvalue weighted by molar-refractivity contribution is 7.15. The predicted molar refractivity (Wildman–Crippen MR) is 84.3 cm³/mol. The Bertz CT molecular complexity index is 741. The van der Waals surface area contributed by atoms with E-state index < -0.39 is 0 Å². The molecule has 2 nitrogen and oxygen atoms in total. The molecule has 0 aliphatic carbocycles. The minimum absolute atomic E-state index is 0.0111. The molecule has 2 aromatic rings. The number of benzene rings is 1. The fraction of sp³-hybridized carbons (Fsp3) is 0.0667. The van der Waals surface area contributed by atoms with Crippen LogP contribution < -0.4 is 0 Å². The Morgan fingerprint density at radius 1 is 1.25 bits per heavy atom. The Morgan fingerprint density at radius 2 is 1.95 bits per heavy atom. The molecule has 0 radical (unpaired) electrons. The molecule has 0 amide bonds. The molecule has 1 aromatic heterocycles. The lowest BCUT2D eigenvalue weighted by Crippen LogP contribution is -1.83. The van der Waals surface area contributed by atoms with Gasteiger partial charge in [0.25, 0.3) is 0 Å². The number of ketones is 1. The normalized spacial score (nSPS) is 11.2. The molecule has 2 rings (SSSR count). The van der Waals surface area contributed by atoms with Gasteiger partial charge in [-0.15, -0.1) is 11.3 Å². The van der Waals surface area contributed by atoms with Crippen LogP contribution in [0.5, 0.6) is 0 Å². The number of allylic oxidation sites excluding steroid dienone is 1. The van der Waals surface area contributed by atoms with E-state index >= 15 is 0 Å². The van der Waals surface area contributed by atoms with Crippen LogP contribution in [0.15, 0.2) is 30.3 Å². The van der Waals surface area contributed by atoms with Gasteiger partial charge in [0.2, 0.25) is 0 Å². The van der Waals surface area contributed by atoms with Crippen molar-refractivity contribution < 1.29 is 4.79 Å². The molecule has 0 saturated heterocycles. The summed E-state index contributed by atoms with van der Waals surface area (Å²) in [5.41, 5.74) is 1.18. The lowest BCUT2D eigenvalue weighted by atomic mass is 10.1. The predicted octanol–water partition coefficient (Wildman–Crippen LogP) is 5.32. The smallest absolute Gasteiger partial charge is 0.169 e. The third-order valence-corrected chi connectivity index (χ3v) is 4.38. The molecule has 0 aliphatic rings. The second kappa shape index (κ2) is 6.23. The molecular formula is C15H9Cl2NOS. The molecule has 1 heterocycles. The number of nitrogens with zero attached hydrogens (tertiary/aromatic N) is 1. The first kappa shape index (κ1) is 14.8. The summed E-state index contributed by atoms with van der Waals surface area (Å²) in [5.74, 6) is -0.0111. The molecule has 100 valence electrons. The standard InChI is InChI=1S/C15H9Cl2NOS/c1-9(19)14-4-5-15(20-14)11(8-18)6-10-2-3-12(16)7-13(10)17/h2-7H,1H3. The maximum Gasteiger partial charge on any atom is 0.169 e. The van der Waals surface area contributed by atoms with Crippen LogP contribution in [-0.4, -0.2) is 5.78 Å². The molecule has 1 aromatic carbocycles. The number of thiophene rings is 1. The number of carbonyl (C=O) groups excluding carboxylic acids is 1. The summed E-state index contributed by atoms with van der Waals surface area (Å²) in [5, 5.41) is 10.3. The number of carbonyl (C=O) groups is 1. The van der Waals surface area contributed by atoms with Gasteiger partial charge in [-0.25, -0.2) is 0 Å². The van der Waals surface area contributed by atoms with Gasteiger partial charge >= 0.3 is 0 Å². The second-order valence-electron chi connectivity index (χ2n) is 4.06. The van der Waals surface area contributed by atoms with E-state index in [2.05, 4.69) is 6.07 Å². The van der Waals surface area contributed by atoms with Crippen molar-refractivity contribution in [1.29, 1.82) is 5.26 Å². The monoisotopic (exact) mass is 321 g/mol. The highest BCUT2D eigenvalue weighted by atomic mass is 35.5. The highest BCUT2D eigenvalue weighted by Crippen LogP contribution is 2.29. The van der Waals surface area contributed by atoms with Crippen molar-refractivity contribution in [2.24, 2.45) is 0 Å². The van der Waals surface area contributed by atoms with Crippen LogP contribution >= 0.6 is 34.5 Å². The zero-order valence-corrected chi connectivity index (χ0v) is 12.8. The molecule has 0 unspecified atom stereocenters. The van der Waals surface area contributed by atoms with Crippen LogP contribution in [0.2, 0.25) is 10.0 Å². The molecule has 0 atom stereocenters. The molecule has 5 heteroatoms. The van der Waals surface area contributed by atoms with E-state index in [1.807, 2.05) is 0 Å². The summed E-state index contributed by atoms with van der Waals surface area (Å²) < 4.78 is 0. The Kier molecular flexibility index (Phi) is 4.61. The topological polar surface area (TPSA) is 40.9 Å². The van der Waals surface area contributed by atoms with Gasteiger partial charge in [-0.3, -0.25) is 4.79 Å². The summed E-state index contributed by atoms with van der Waals surface area (Å²) >= 11 is 13.2. The molecule has 20 heavy (non-hydrogen) atoms. The SMILES string of the molecule is CC(=O)c1ccc(C(C#N)=Cc2ccc(Cl)cc2Cl)s1. The molecule has 0 saturated carbocycles. The summed E-state index contributed by atoms with van der Waals surface area (Å²) in [6.45, 7) is 1.50. The highest BCUT2D eigenvalue weighted by Gasteiger charge is 2.09. The Hall–Kier alpha value is -1.60. The van der Waals surface area contributed by atoms with E-state index in [1.54, 1.807) is 36.4 Å². The van der Waals surface area contributed by atoms with Crippen molar-refractivity contribution in [1.82, 2.24) is 0 Å². The van der Waals surface area contributed by atoms with Gasteiger partial charge in [0.05, 0.1) is 10.5 Å². The third-order valence-electron chi connectivity index (χ3n) is 2.60. The van der Waals surface area contributed by atoms with Crippen molar-refractivity contribution in [3.63, 3.8) is 0 Å². The maximum absolute atomic E-state index is 11.3. The fourth-order valence-corrected chi connectivity index (χ4v) is 2.93. The van der Waals surface area contributed by atoms with Gasteiger partial charge in [-0.1, -0.05) is 29.3 Å². The van der Waals surface area contributed by atoms with E-state index in [0.717, 1.165) is 4.88 Å². The van der Waals surface area contributed by atoms with Gasteiger partial charge in [0.1, 0.15) is 6.07 Å². The van der Waals surface area contributed by atoms with Crippen molar-refractivity contribution in [3.05, 3.63) is 55.7 Å². The van der Waals surface area contributed by atoms with Crippen LogP contribution in [0.1, 0.15) is 27.0 Å². The molecule has 0 N–H and O–H groups in total. The lowest BCUT2D eigenvalue weighted by molar-refractivity contribution is 0.102. The van der Waals surface area contributed by atoms with Crippen LogP contribution in [-0.2, 0) is 0 Å². The number of Topliss-reactive ketones (excluding diaryl/α,β-unsaturated/α-hetero) is 1. The van der Waals surface area contributed by atoms with Crippen LogP contribution in [0.3, 0.4) is 0 Å². The number of hydrogen-bond donors (Lipinski definition) is 0. The van der Waals surface area contributed by atoms with Gasteiger partial charge < -0.3 is 0 Å². The van der Waals surface area contributed by atoms with Crippen molar-refractivity contribution in [2.45, 2.75) is 6.92 Å². The van der Waals surface area contributed by atoms with Crippen molar-refractivity contribution in [3.8, 4) is 6.07 Å². The van der Waals surface area contributed by atoms with Crippen LogP contribution in [0.4, 0.5) is 0 Å². The minimum atomic E-state index is -0.0111. The van der Waals surface area contributed by atoms with E-state index in [9.17, 15) is 10.1 Å².